The van der Waals surface area contributed by atoms with Crippen molar-refractivity contribution in [2.45, 2.75) is 6.10 Å². The number of amides is 2. The Balaban J connectivity index is 1.94. The average Bonchev–Trinajstić information content (AvgIpc) is 2.65. The van der Waals surface area contributed by atoms with Gasteiger partial charge in [-0.3, -0.25) is 9.59 Å². The van der Waals surface area contributed by atoms with E-state index in [0.29, 0.717) is 5.75 Å². The van der Waals surface area contributed by atoms with E-state index in [4.69, 9.17) is 21.1 Å². The molecule has 2 rings (SSSR count). The summed E-state index contributed by atoms with van der Waals surface area (Å²) in [6.45, 7) is 0.0834. The molecule has 0 fully saturated rings. The van der Waals surface area contributed by atoms with Gasteiger partial charge in [-0.15, -0.1) is 0 Å². The Hall–Kier alpha value is -2.64. The molecule has 2 N–H and O–H groups in total. The molecule has 0 spiro atoms. The summed E-state index contributed by atoms with van der Waals surface area (Å²) < 4.78 is 23.6. The second-order valence-corrected chi connectivity index (χ2v) is 5.70. The first-order chi connectivity index (χ1) is 12.4. The van der Waals surface area contributed by atoms with Gasteiger partial charge in [0.1, 0.15) is 11.6 Å². The largest absolute Gasteiger partial charge is 0.497 e. The molecule has 0 bridgehead atoms. The number of methoxy groups -OCH3 is 2. The summed E-state index contributed by atoms with van der Waals surface area (Å²) in [7, 11) is 3.05. The number of carbonyl (C=O) groups excluding carboxylic acids is 2. The standard InChI is InChI=1S/C18H18ClFN2O4/c1-25-13-5-3-4-11(8-13)16(26-2)10-21-17(23)18(24)22-12-6-7-15(20)14(19)9-12/h3-9,16H,10H2,1-2H3,(H,21,23)(H,22,24). The summed E-state index contributed by atoms with van der Waals surface area (Å²) >= 11 is 5.64. The first-order valence-electron chi connectivity index (χ1n) is 7.65. The van der Waals surface area contributed by atoms with Gasteiger partial charge in [-0.2, -0.15) is 0 Å². The van der Waals surface area contributed by atoms with Crippen LogP contribution in [0.15, 0.2) is 42.5 Å². The van der Waals surface area contributed by atoms with E-state index in [1.54, 1.807) is 25.3 Å². The summed E-state index contributed by atoms with van der Waals surface area (Å²) in [4.78, 5) is 23.9. The molecule has 0 aromatic heterocycles. The van der Waals surface area contributed by atoms with Crippen molar-refractivity contribution in [3.8, 4) is 5.75 Å². The lowest BCUT2D eigenvalue weighted by molar-refractivity contribution is -0.136. The summed E-state index contributed by atoms with van der Waals surface area (Å²) in [5, 5.41) is 4.69. The van der Waals surface area contributed by atoms with Crippen molar-refractivity contribution < 1.29 is 23.5 Å². The third-order valence-corrected chi connectivity index (χ3v) is 3.87. The second kappa shape index (κ2) is 9.17. The molecule has 138 valence electrons. The van der Waals surface area contributed by atoms with E-state index >= 15 is 0 Å². The minimum atomic E-state index is -0.895. The Bertz CT molecular complexity index is 801. The van der Waals surface area contributed by atoms with Crippen molar-refractivity contribution in [2.24, 2.45) is 0 Å². The van der Waals surface area contributed by atoms with Crippen LogP contribution in [0.4, 0.5) is 10.1 Å². The van der Waals surface area contributed by atoms with Gasteiger partial charge in [0.25, 0.3) is 0 Å². The molecule has 1 atom stereocenters. The van der Waals surface area contributed by atoms with E-state index in [0.717, 1.165) is 11.6 Å². The minimum Gasteiger partial charge on any atom is -0.497 e. The zero-order valence-electron chi connectivity index (χ0n) is 14.2. The summed E-state index contributed by atoms with van der Waals surface area (Å²) in [6.07, 6.45) is -0.456. The van der Waals surface area contributed by atoms with Crippen LogP contribution >= 0.6 is 11.6 Å². The van der Waals surface area contributed by atoms with E-state index in [-0.39, 0.29) is 17.3 Å². The van der Waals surface area contributed by atoms with Gasteiger partial charge in [0.05, 0.1) is 18.2 Å². The molecule has 1 unspecified atom stereocenters. The Labute approximate surface area is 155 Å². The van der Waals surface area contributed by atoms with Gasteiger partial charge in [-0.25, -0.2) is 4.39 Å². The van der Waals surface area contributed by atoms with Crippen molar-refractivity contribution in [1.82, 2.24) is 5.32 Å². The summed E-state index contributed by atoms with van der Waals surface area (Å²) in [6, 6.07) is 10.8. The van der Waals surface area contributed by atoms with Crippen LogP contribution in [0.25, 0.3) is 0 Å². The van der Waals surface area contributed by atoms with Crippen LogP contribution < -0.4 is 15.4 Å². The quantitative estimate of drug-likeness (QED) is 0.755. The monoisotopic (exact) mass is 380 g/mol. The van der Waals surface area contributed by atoms with Gasteiger partial charge >= 0.3 is 11.8 Å². The number of benzene rings is 2. The highest BCUT2D eigenvalue weighted by molar-refractivity contribution is 6.39. The molecule has 0 aliphatic rings. The molecular formula is C18H18ClFN2O4. The van der Waals surface area contributed by atoms with E-state index < -0.39 is 23.7 Å². The smallest absolute Gasteiger partial charge is 0.313 e. The molecule has 0 aliphatic heterocycles. The van der Waals surface area contributed by atoms with Crippen LogP contribution in [0.3, 0.4) is 0 Å². The highest BCUT2D eigenvalue weighted by Crippen LogP contribution is 2.21. The van der Waals surface area contributed by atoms with Gasteiger partial charge in [-0.05, 0) is 35.9 Å². The maximum absolute atomic E-state index is 13.1. The van der Waals surface area contributed by atoms with Crippen LogP contribution in [-0.4, -0.2) is 32.6 Å². The van der Waals surface area contributed by atoms with Gasteiger partial charge in [-0.1, -0.05) is 23.7 Å². The lowest BCUT2D eigenvalue weighted by Crippen LogP contribution is -2.38. The predicted molar refractivity (Wildman–Crippen MR) is 95.8 cm³/mol. The highest BCUT2D eigenvalue weighted by atomic mass is 35.5. The molecule has 0 heterocycles. The van der Waals surface area contributed by atoms with Crippen molar-refractivity contribution in [3.63, 3.8) is 0 Å². The zero-order chi connectivity index (χ0) is 19.1. The number of halogens is 2. The lowest BCUT2D eigenvalue weighted by atomic mass is 10.1. The Morgan fingerprint density at radius 2 is 1.92 bits per heavy atom. The summed E-state index contributed by atoms with van der Waals surface area (Å²) in [5.74, 6) is -1.71. The lowest BCUT2D eigenvalue weighted by Gasteiger charge is -2.17. The van der Waals surface area contributed by atoms with E-state index in [2.05, 4.69) is 10.6 Å². The number of hydrogen-bond acceptors (Lipinski definition) is 4. The Kier molecular flexibility index (Phi) is 6.94. The first kappa shape index (κ1) is 19.7. The molecule has 2 aromatic rings. The predicted octanol–water partition coefficient (Wildman–Crippen LogP) is 2.93. The summed E-state index contributed by atoms with van der Waals surface area (Å²) in [5.41, 5.74) is 1.01. The van der Waals surface area contributed by atoms with Crippen LogP contribution in [0.2, 0.25) is 5.02 Å². The van der Waals surface area contributed by atoms with Crippen LogP contribution in [-0.2, 0) is 14.3 Å². The van der Waals surface area contributed by atoms with Crippen molar-refractivity contribution in [2.75, 3.05) is 26.1 Å². The van der Waals surface area contributed by atoms with Crippen LogP contribution in [0.1, 0.15) is 11.7 Å². The average molecular weight is 381 g/mol. The fourth-order valence-corrected chi connectivity index (χ4v) is 2.39. The SMILES string of the molecule is COc1cccc(C(CNC(=O)C(=O)Nc2ccc(F)c(Cl)c2)OC)c1. The van der Waals surface area contributed by atoms with E-state index in [1.807, 2.05) is 6.07 Å². The molecule has 26 heavy (non-hydrogen) atoms. The molecule has 0 saturated carbocycles. The van der Waals surface area contributed by atoms with Crippen molar-refractivity contribution >= 4 is 29.1 Å². The molecule has 2 aromatic carbocycles. The van der Waals surface area contributed by atoms with Crippen molar-refractivity contribution in [1.29, 1.82) is 0 Å². The second-order valence-electron chi connectivity index (χ2n) is 5.29. The van der Waals surface area contributed by atoms with Crippen LogP contribution in [0.5, 0.6) is 5.75 Å². The number of anilines is 1. The van der Waals surface area contributed by atoms with E-state index in [1.165, 1.54) is 19.2 Å². The van der Waals surface area contributed by atoms with Gasteiger partial charge in [0.2, 0.25) is 0 Å². The van der Waals surface area contributed by atoms with Gasteiger partial charge in [0.15, 0.2) is 0 Å². The highest BCUT2D eigenvalue weighted by Gasteiger charge is 2.18. The number of hydrogen-bond donors (Lipinski definition) is 2. The number of carbonyl (C=O) groups is 2. The maximum Gasteiger partial charge on any atom is 0.313 e. The zero-order valence-corrected chi connectivity index (χ0v) is 15.0. The third-order valence-electron chi connectivity index (χ3n) is 3.58. The fraction of sp³-hybridized carbons (Fsp3) is 0.222. The van der Waals surface area contributed by atoms with Gasteiger partial charge < -0.3 is 20.1 Å². The number of ether oxygens (including phenoxy) is 2. The third kappa shape index (κ3) is 5.18. The minimum absolute atomic E-state index is 0.0834. The maximum atomic E-state index is 13.1. The molecule has 0 aliphatic carbocycles. The molecule has 8 heteroatoms. The van der Waals surface area contributed by atoms with Gasteiger partial charge in [0, 0.05) is 19.3 Å². The first-order valence-corrected chi connectivity index (χ1v) is 8.03. The van der Waals surface area contributed by atoms with Crippen molar-refractivity contribution in [3.05, 3.63) is 58.9 Å². The molecule has 2 amide bonds. The molecule has 6 nitrogen and oxygen atoms in total. The molecular weight excluding hydrogens is 363 g/mol. The van der Waals surface area contributed by atoms with E-state index in [9.17, 15) is 14.0 Å². The number of nitrogens with one attached hydrogen (secondary N) is 2. The Morgan fingerprint density at radius 1 is 1.15 bits per heavy atom. The Morgan fingerprint density at radius 3 is 2.58 bits per heavy atom. The number of rotatable bonds is 6. The normalized spacial score (nSPS) is 11.5. The topological polar surface area (TPSA) is 76.7 Å². The molecule has 0 radical (unpaired) electrons. The van der Waals surface area contributed by atoms with Crippen LogP contribution in [0, 0.1) is 5.82 Å². The molecule has 0 saturated heterocycles. The fourth-order valence-electron chi connectivity index (χ4n) is 2.21.